The highest BCUT2D eigenvalue weighted by Gasteiger charge is 2.67. The molecule has 0 aromatic carbocycles. The number of methoxy groups -OCH3 is 2. The molecule has 14 nitrogen and oxygen atoms in total. The first-order valence-electron chi connectivity index (χ1n) is 19.4. The summed E-state index contributed by atoms with van der Waals surface area (Å²) in [6.07, 6.45) is -7.01. The predicted molar refractivity (Wildman–Crippen MR) is 194 cm³/mol. The topological polar surface area (TPSA) is 175 Å². The molecule has 0 aromatic rings. The van der Waals surface area contributed by atoms with E-state index < -0.39 is 101 Å². The van der Waals surface area contributed by atoms with E-state index in [2.05, 4.69) is 0 Å². The fourth-order valence-electron chi connectivity index (χ4n) is 9.25. The van der Waals surface area contributed by atoms with Crippen LogP contribution in [0.1, 0.15) is 94.9 Å². The number of ether oxygens (including phenoxy) is 8. The number of hydrogen-bond acceptors (Lipinski definition) is 14. The molecule has 3 N–H and O–H groups in total. The van der Waals surface area contributed by atoms with Crippen LogP contribution in [0.2, 0.25) is 0 Å². The molecule has 4 fully saturated rings. The van der Waals surface area contributed by atoms with Crippen LogP contribution in [0.25, 0.3) is 0 Å². The van der Waals surface area contributed by atoms with Crippen molar-refractivity contribution in [3.8, 4) is 0 Å². The number of rotatable bonds is 8. The Kier molecular flexibility index (Phi) is 14.0. The van der Waals surface area contributed by atoms with Crippen molar-refractivity contribution in [2.24, 2.45) is 23.7 Å². The first-order valence-corrected chi connectivity index (χ1v) is 19.4. The normalized spacial score (nSPS) is 50.5. The van der Waals surface area contributed by atoms with Gasteiger partial charge in [0.15, 0.2) is 12.6 Å². The minimum absolute atomic E-state index is 0.132. The maximum Gasteiger partial charge on any atom is 0.311 e. The van der Waals surface area contributed by atoms with Crippen molar-refractivity contribution in [1.29, 1.82) is 0 Å². The minimum atomic E-state index is -1.95. The van der Waals surface area contributed by atoms with Crippen molar-refractivity contribution in [2.75, 3.05) is 34.9 Å². The summed E-state index contributed by atoms with van der Waals surface area (Å²) in [6, 6.07) is -0.269. The predicted octanol–water partition coefficient (Wildman–Crippen LogP) is 2.85. The number of nitrogens with zero attached hydrogens (tertiary/aromatic N) is 1. The van der Waals surface area contributed by atoms with E-state index in [4.69, 9.17) is 37.9 Å². The van der Waals surface area contributed by atoms with E-state index >= 15 is 0 Å². The number of epoxide rings is 1. The summed E-state index contributed by atoms with van der Waals surface area (Å²) in [6.45, 7) is 18.1. The standard InChI is InChI=1S/C39H69NO13/c1-15-27-38(10,45)32(43)22(4)29(41)20(2)17-36(8,46-13)33(53-35-30(42)26(40(11)12)16-21(3)49-35)23(5)31(24(6)34(44)51-27)52-28-18-37(9,47-14)39(19-48-39)25(7)50-28/h20-28,30-33,35,42-43,45H,15-19H2,1-14H3/t20?,21?,22?,23?,24?,25?,26?,27-,28?,30?,31?,32?,33?,35?,36?,37?,38?,39-/m1/s1. The first kappa shape index (κ1) is 44.4. The van der Waals surface area contributed by atoms with Crippen LogP contribution >= 0.6 is 0 Å². The number of carbonyl (C=O) groups is 2. The molecule has 14 heteroatoms. The summed E-state index contributed by atoms with van der Waals surface area (Å²) in [5.74, 6) is -4.31. The zero-order chi connectivity index (χ0) is 40.0. The third-order valence-electron chi connectivity index (χ3n) is 13.2. The lowest BCUT2D eigenvalue weighted by atomic mass is 9.73. The van der Waals surface area contributed by atoms with Crippen molar-refractivity contribution in [2.45, 2.75) is 179 Å². The molecule has 4 aliphatic rings. The molecule has 4 heterocycles. The fourth-order valence-corrected chi connectivity index (χ4v) is 9.25. The fraction of sp³-hybridized carbons (Fsp3) is 0.949. The van der Waals surface area contributed by atoms with E-state index in [1.807, 2.05) is 53.6 Å². The monoisotopic (exact) mass is 759 g/mol. The Morgan fingerprint density at radius 2 is 1.53 bits per heavy atom. The smallest absolute Gasteiger partial charge is 0.311 e. The highest BCUT2D eigenvalue weighted by molar-refractivity contribution is 5.83. The van der Waals surface area contributed by atoms with E-state index in [0.29, 0.717) is 19.4 Å². The molecule has 0 bridgehead atoms. The van der Waals surface area contributed by atoms with E-state index in [1.165, 1.54) is 14.0 Å². The number of Topliss-reactive ketones (excluding diaryl/α,β-unsaturated/α-hetero) is 1. The van der Waals surface area contributed by atoms with Gasteiger partial charge in [-0.15, -0.1) is 0 Å². The number of cyclic esters (lactones) is 1. The van der Waals surface area contributed by atoms with Crippen molar-refractivity contribution in [3.05, 3.63) is 0 Å². The Labute approximate surface area is 316 Å². The second kappa shape index (κ2) is 16.7. The first-order chi connectivity index (χ1) is 24.5. The van der Waals surface area contributed by atoms with Gasteiger partial charge in [-0.25, -0.2) is 0 Å². The molecule has 4 rings (SSSR count). The third kappa shape index (κ3) is 8.53. The van der Waals surface area contributed by atoms with Crippen LogP contribution in [-0.2, 0) is 47.5 Å². The maximum absolute atomic E-state index is 14.3. The Morgan fingerprint density at radius 3 is 2.06 bits per heavy atom. The van der Waals surface area contributed by atoms with Gasteiger partial charge in [0.25, 0.3) is 0 Å². The molecule has 1 spiro atoms. The van der Waals surface area contributed by atoms with Gasteiger partial charge in [-0.05, 0) is 74.9 Å². The zero-order valence-corrected chi connectivity index (χ0v) is 34.5. The summed E-state index contributed by atoms with van der Waals surface area (Å²) in [4.78, 5) is 30.2. The minimum Gasteiger partial charge on any atom is -0.459 e. The highest BCUT2D eigenvalue weighted by atomic mass is 16.7. The lowest BCUT2D eigenvalue weighted by Gasteiger charge is -2.50. The van der Waals surface area contributed by atoms with Crippen LogP contribution in [0.5, 0.6) is 0 Å². The molecular weight excluding hydrogens is 690 g/mol. The number of likely N-dealkylation sites (N-methyl/N-ethyl adjacent to an activating group) is 1. The van der Waals surface area contributed by atoms with Crippen molar-refractivity contribution in [3.63, 3.8) is 0 Å². The van der Waals surface area contributed by atoms with E-state index in [0.717, 1.165) is 0 Å². The van der Waals surface area contributed by atoms with Crippen molar-refractivity contribution >= 4 is 11.8 Å². The van der Waals surface area contributed by atoms with Crippen molar-refractivity contribution < 1.29 is 62.8 Å². The van der Waals surface area contributed by atoms with Gasteiger partial charge >= 0.3 is 5.97 Å². The summed E-state index contributed by atoms with van der Waals surface area (Å²) < 4.78 is 50.6. The maximum atomic E-state index is 14.3. The van der Waals surface area contributed by atoms with Gasteiger partial charge in [0.2, 0.25) is 0 Å². The molecule has 308 valence electrons. The van der Waals surface area contributed by atoms with Crippen LogP contribution in [-0.4, -0.2) is 151 Å². The summed E-state index contributed by atoms with van der Waals surface area (Å²) in [5, 5.41) is 34.8. The highest BCUT2D eigenvalue weighted by Crippen LogP contribution is 2.51. The molecule has 4 saturated heterocycles. The molecule has 0 radical (unpaired) electrons. The Balaban J connectivity index is 1.85. The van der Waals surface area contributed by atoms with Gasteiger partial charge in [0, 0.05) is 44.4 Å². The lowest BCUT2D eigenvalue weighted by molar-refractivity contribution is -0.316. The average Bonchev–Trinajstić information content (AvgIpc) is 3.92. The second-order valence-corrected chi connectivity index (χ2v) is 17.2. The molecule has 16 unspecified atom stereocenters. The summed E-state index contributed by atoms with van der Waals surface area (Å²) >= 11 is 0. The van der Waals surface area contributed by atoms with Crippen LogP contribution in [0.3, 0.4) is 0 Å². The largest absolute Gasteiger partial charge is 0.459 e. The van der Waals surface area contributed by atoms with E-state index in [9.17, 15) is 24.9 Å². The van der Waals surface area contributed by atoms with Gasteiger partial charge in [0.05, 0.1) is 48.6 Å². The SMILES string of the molecule is CC[C@H]1OC(=O)C(C)C(OC2CC(C)(OC)[C@@]3(CO3)C(C)O2)C(C)C(OC2OC(C)CC(N(C)C)C2O)C(C)(OC)CC(C)C(=O)C(C)C(O)C1(C)O. The molecule has 18 atom stereocenters. The molecule has 0 saturated carbocycles. The Morgan fingerprint density at radius 1 is 0.906 bits per heavy atom. The molecule has 53 heavy (non-hydrogen) atoms. The number of hydrogen-bond donors (Lipinski definition) is 3. The zero-order valence-electron chi connectivity index (χ0n) is 34.5. The van der Waals surface area contributed by atoms with Crippen LogP contribution in [0.15, 0.2) is 0 Å². The Hall–Kier alpha value is -1.30. The number of carbonyl (C=O) groups excluding carboxylic acids is 2. The quantitative estimate of drug-likeness (QED) is 0.243. The average molecular weight is 760 g/mol. The van der Waals surface area contributed by atoms with Crippen LogP contribution in [0, 0.1) is 23.7 Å². The van der Waals surface area contributed by atoms with Gasteiger partial charge in [-0.2, -0.15) is 0 Å². The number of esters is 1. The van der Waals surface area contributed by atoms with E-state index in [-0.39, 0.29) is 30.8 Å². The Bertz CT molecular complexity index is 1260. The third-order valence-corrected chi connectivity index (χ3v) is 13.2. The molecular formula is C39H69NO13. The number of aliphatic hydroxyl groups is 3. The summed E-state index contributed by atoms with van der Waals surface area (Å²) in [5.41, 5.74) is -4.56. The number of aliphatic hydroxyl groups excluding tert-OH is 2. The van der Waals surface area contributed by atoms with Gasteiger partial charge < -0.3 is 58.1 Å². The lowest BCUT2D eigenvalue weighted by Crippen LogP contribution is -2.62. The second-order valence-electron chi connectivity index (χ2n) is 17.2. The van der Waals surface area contributed by atoms with Gasteiger partial charge in [-0.1, -0.05) is 27.7 Å². The summed E-state index contributed by atoms with van der Waals surface area (Å²) in [7, 11) is 6.94. The van der Waals surface area contributed by atoms with Gasteiger partial charge in [0.1, 0.15) is 34.8 Å². The van der Waals surface area contributed by atoms with Crippen LogP contribution in [0.4, 0.5) is 0 Å². The molecule has 0 aliphatic carbocycles. The van der Waals surface area contributed by atoms with Gasteiger partial charge in [-0.3, -0.25) is 9.59 Å². The van der Waals surface area contributed by atoms with Crippen LogP contribution < -0.4 is 0 Å². The molecule has 0 amide bonds. The molecule has 0 aromatic heterocycles. The van der Waals surface area contributed by atoms with Crippen molar-refractivity contribution in [1.82, 2.24) is 4.90 Å². The number of ketones is 1. The molecule has 4 aliphatic heterocycles. The van der Waals surface area contributed by atoms with E-state index in [1.54, 1.807) is 34.8 Å².